The maximum absolute atomic E-state index is 11.9. The summed E-state index contributed by atoms with van der Waals surface area (Å²) < 4.78 is 16.7. The smallest absolute Gasteiger partial charge is 0.239 e. The molecule has 1 aliphatic carbocycles. The molecule has 2 aliphatic rings. The first kappa shape index (κ1) is 14.7. The number of rotatable bonds is 4. The standard InChI is InChI=1S/C15H22N2O4/c1-2-20-15(7-4-3-5-8-15)14-16-13(21-17-14)11-10-19-9-6-12(11)18/h11H,2-10H2,1H3. The molecule has 0 spiro atoms. The van der Waals surface area contributed by atoms with Gasteiger partial charge in [-0.15, -0.1) is 0 Å². The zero-order valence-corrected chi connectivity index (χ0v) is 12.5. The van der Waals surface area contributed by atoms with Gasteiger partial charge in [-0.25, -0.2) is 0 Å². The third-order valence-electron chi connectivity index (χ3n) is 4.40. The van der Waals surface area contributed by atoms with Gasteiger partial charge in [0.25, 0.3) is 0 Å². The fraction of sp³-hybridized carbons (Fsp3) is 0.800. The van der Waals surface area contributed by atoms with Crippen LogP contribution in [0.5, 0.6) is 0 Å². The first-order chi connectivity index (χ1) is 10.2. The number of hydrogen-bond donors (Lipinski definition) is 0. The Bertz CT molecular complexity index is 488. The third kappa shape index (κ3) is 2.87. The molecule has 1 saturated carbocycles. The van der Waals surface area contributed by atoms with Crippen molar-refractivity contribution in [3.8, 4) is 0 Å². The number of hydrogen-bond acceptors (Lipinski definition) is 6. The average Bonchev–Trinajstić information content (AvgIpc) is 2.99. The lowest BCUT2D eigenvalue weighted by Crippen LogP contribution is -2.34. The molecular weight excluding hydrogens is 272 g/mol. The lowest BCUT2D eigenvalue weighted by molar-refractivity contribution is -0.127. The molecule has 2 fully saturated rings. The molecular formula is C15H22N2O4. The largest absolute Gasteiger partial charge is 0.380 e. The molecule has 1 unspecified atom stereocenters. The van der Waals surface area contributed by atoms with E-state index in [1.807, 2.05) is 6.92 Å². The topological polar surface area (TPSA) is 74.5 Å². The van der Waals surface area contributed by atoms with Gasteiger partial charge in [0.1, 0.15) is 17.3 Å². The second-order valence-electron chi connectivity index (χ2n) is 5.79. The molecule has 116 valence electrons. The van der Waals surface area contributed by atoms with Gasteiger partial charge < -0.3 is 14.0 Å². The highest BCUT2D eigenvalue weighted by atomic mass is 16.5. The van der Waals surface area contributed by atoms with Gasteiger partial charge in [-0.3, -0.25) is 4.79 Å². The Morgan fingerprint density at radius 3 is 2.86 bits per heavy atom. The third-order valence-corrected chi connectivity index (χ3v) is 4.40. The van der Waals surface area contributed by atoms with Crippen LogP contribution < -0.4 is 0 Å². The molecule has 0 bridgehead atoms. The first-order valence-corrected chi connectivity index (χ1v) is 7.84. The van der Waals surface area contributed by atoms with Crippen LogP contribution in [-0.4, -0.2) is 35.7 Å². The first-order valence-electron chi connectivity index (χ1n) is 7.84. The second-order valence-corrected chi connectivity index (χ2v) is 5.79. The van der Waals surface area contributed by atoms with Crippen LogP contribution in [0.4, 0.5) is 0 Å². The van der Waals surface area contributed by atoms with Crippen LogP contribution in [0.25, 0.3) is 0 Å². The second kappa shape index (κ2) is 6.23. The average molecular weight is 294 g/mol. The molecule has 0 aromatic carbocycles. The van der Waals surface area contributed by atoms with Gasteiger partial charge in [-0.2, -0.15) is 4.98 Å². The van der Waals surface area contributed by atoms with Crippen molar-refractivity contribution in [2.24, 2.45) is 0 Å². The van der Waals surface area contributed by atoms with E-state index in [-0.39, 0.29) is 5.78 Å². The minimum Gasteiger partial charge on any atom is -0.380 e. The minimum absolute atomic E-state index is 0.116. The number of carbonyl (C=O) groups is 1. The molecule has 1 aromatic rings. The SMILES string of the molecule is CCOC1(c2noc(C3COCCC3=O)n2)CCCCC1. The van der Waals surface area contributed by atoms with Crippen molar-refractivity contribution < 1.29 is 18.8 Å². The van der Waals surface area contributed by atoms with Crippen molar-refractivity contribution in [3.05, 3.63) is 11.7 Å². The zero-order chi connectivity index (χ0) is 14.7. The molecule has 0 radical (unpaired) electrons. The van der Waals surface area contributed by atoms with Crippen molar-refractivity contribution in [1.82, 2.24) is 10.1 Å². The van der Waals surface area contributed by atoms with Crippen LogP contribution in [0.15, 0.2) is 4.52 Å². The van der Waals surface area contributed by atoms with Gasteiger partial charge in [-0.05, 0) is 19.8 Å². The summed E-state index contributed by atoms with van der Waals surface area (Å²) >= 11 is 0. The Labute approximate surface area is 124 Å². The maximum Gasteiger partial charge on any atom is 0.239 e. The van der Waals surface area contributed by atoms with Crippen LogP contribution in [0, 0.1) is 0 Å². The summed E-state index contributed by atoms with van der Waals surface area (Å²) in [6.45, 7) is 3.42. The van der Waals surface area contributed by atoms with Crippen molar-refractivity contribution in [2.75, 3.05) is 19.8 Å². The van der Waals surface area contributed by atoms with Gasteiger partial charge in [0.2, 0.25) is 11.7 Å². The summed E-state index contributed by atoms with van der Waals surface area (Å²) in [7, 11) is 0. The van der Waals surface area contributed by atoms with E-state index in [9.17, 15) is 4.79 Å². The summed E-state index contributed by atoms with van der Waals surface area (Å²) in [5, 5.41) is 4.12. The molecule has 2 heterocycles. The minimum atomic E-state index is -0.437. The number of aromatic nitrogens is 2. The zero-order valence-electron chi connectivity index (χ0n) is 12.5. The number of ether oxygens (including phenoxy) is 2. The van der Waals surface area contributed by atoms with Crippen LogP contribution in [0.3, 0.4) is 0 Å². The highest BCUT2D eigenvalue weighted by Crippen LogP contribution is 2.39. The van der Waals surface area contributed by atoms with E-state index < -0.39 is 11.5 Å². The number of carbonyl (C=O) groups excluding carboxylic acids is 1. The molecule has 0 amide bonds. The van der Waals surface area contributed by atoms with Crippen LogP contribution in [0.1, 0.15) is 63.1 Å². The molecule has 1 atom stereocenters. The van der Waals surface area contributed by atoms with E-state index in [1.54, 1.807) is 0 Å². The molecule has 6 nitrogen and oxygen atoms in total. The number of nitrogens with zero attached hydrogens (tertiary/aromatic N) is 2. The Morgan fingerprint density at radius 1 is 1.33 bits per heavy atom. The molecule has 6 heteroatoms. The molecule has 1 aromatic heterocycles. The quantitative estimate of drug-likeness (QED) is 0.848. The fourth-order valence-corrected chi connectivity index (χ4v) is 3.24. The summed E-state index contributed by atoms with van der Waals surface area (Å²) in [6, 6.07) is 0. The Morgan fingerprint density at radius 2 is 2.14 bits per heavy atom. The molecule has 0 N–H and O–H groups in total. The predicted molar refractivity (Wildman–Crippen MR) is 73.9 cm³/mol. The molecule has 3 rings (SSSR count). The van der Waals surface area contributed by atoms with Crippen LogP contribution >= 0.6 is 0 Å². The van der Waals surface area contributed by atoms with E-state index in [1.165, 1.54) is 6.42 Å². The molecule has 1 aliphatic heterocycles. The molecule has 1 saturated heterocycles. The highest BCUT2D eigenvalue weighted by molar-refractivity contribution is 5.85. The monoisotopic (exact) mass is 294 g/mol. The van der Waals surface area contributed by atoms with Crippen molar-refractivity contribution >= 4 is 5.78 Å². The van der Waals surface area contributed by atoms with Crippen LogP contribution in [0.2, 0.25) is 0 Å². The summed E-state index contributed by atoms with van der Waals surface area (Å²) in [4.78, 5) is 16.4. The Balaban J connectivity index is 1.83. The van der Waals surface area contributed by atoms with Crippen molar-refractivity contribution in [2.45, 2.75) is 57.0 Å². The lowest BCUT2D eigenvalue weighted by atomic mass is 9.84. The van der Waals surface area contributed by atoms with E-state index >= 15 is 0 Å². The van der Waals surface area contributed by atoms with E-state index in [2.05, 4.69) is 10.1 Å². The van der Waals surface area contributed by atoms with E-state index in [0.29, 0.717) is 38.0 Å². The van der Waals surface area contributed by atoms with Gasteiger partial charge >= 0.3 is 0 Å². The van der Waals surface area contributed by atoms with Gasteiger partial charge in [0.15, 0.2) is 0 Å². The normalized spacial score (nSPS) is 26.0. The number of Topliss-reactive ketones (excluding diaryl/α,β-unsaturated/α-hetero) is 1. The fourth-order valence-electron chi connectivity index (χ4n) is 3.24. The van der Waals surface area contributed by atoms with Gasteiger partial charge in [0.05, 0.1) is 13.2 Å². The maximum atomic E-state index is 11.9. The summed E-state index contributed by atoms with van der Waals surface area (Å²) in [5.41, 5.74) is -0.437. The highest BCUT2D eigenvalue weighted by Gasteiger charge is 2.40. The summed E-state index contributed by atoms with van der Waals surface area (Å²) in [6.07, 6.45) is 5.67. The Kier molecular flexibility index (Phi) is 4.35. The Hall–Kier alpha value is -1.27. The number of ketones is 1. The lowest BCUT2D eigenvalue weighted by Gasteiger charge is -2.33. The van der Waals surface area contributed by atoms with E-state index in [0.717, 1.165) is 25.7 Å². The van der Waals surface area contributed by atoms with Gasteiger partial charge in [0, 0.05) is 13.0 Å². The summed E-state index contributed by atoms with van der Waals surface area (Å²) in [5.74, 6) is 0.671. The van der Waals surface area contributed by atoms with Gasteiger partial charge in [-0.1, -0.05) is 24.4 Å². The van der Waals surface area contributed by atoms with Crippen molar-refractivity contribution in [3.63, 3.8) is 0 Å². The van der Waals surface area contributed by atoms with Crippen LogP contribution in [-0.2, 0) is 19.9 Å². The van der Waals surface area contributed by atoms with E-state index in [4.69, 9.17) is 14.0 Å². The molecule has 21 heavy (non-hydrogen) atoms. The predicted octanol–water partition coefficient (Wildman–Crippen LogP) is 2.34. The van der Waals surface area contributed by atoms with Crippen molar-refractivity contribution in [1.29, 1.82) is 0 Å².